The van der Waals surface area contributed by atoms with Gasteiger partial charge in [-0.3, -0.25) is 9.59 Å². The summed E-state index contributed by atoms with van der Waals surface area (Å²) in [6.07, 6.45) is 0. The largest absolute Gasteiger partial charge is 0.339 e. The summed E-state index contributed by atoms with van der Waals surface area (Å²) in [6.45, 7) is 1.46. The van der Waals surface area contributed by atoms with Gasteiger partial charge in [-0.05, 0) is 48.5 Å². The number of hydrogen-bond acceptors (Lipinski definition) is 5. The van der Waals surface area contributed by atoms with Gasteiger partial charge in [0.2, 0.25) is 5.91 Å². The number of carbonyl (C=O) groups is 2. The third-order valence-corrected chi connectivity index (χ3v) is 3.81. The first-order valence-electron chi connectivity index (χ1n) is 8.34. The molecule has 2 aromatic carbocycles. The summed E-state index contributed by atoms with van der Waals surface area (Å²) in [5.74, 6) is 0.156. The van der Waals surface area contributed by atoms with E-state index in [1.807, 2.05) is 42.5 Å². The molecule has 27 heavy (non-hydrogen) atoms. The number of nitrogens with one attached hydrogen (secondary N) is 2. The van der Waals surface area contributed by atoms with Crippen LogP contribution in [0.2, 0.25) is 0 Å². The van der Waals surface area contributed by atoms with Crippen molar-refractivity contribution in [2.75, 3.05) is 22.6 Å². The molecule has 136 valence electrons. The Hall–Kier alpha value is -3.74. The standard InChI is InChI=1S/C20H19N5O2/c1-14(26)21-15-8-10-16(11-9-15)22-19-13-12-18(23-24-19)20(27)25(2)17-6-4-3-5-7-17/h3-13H,1-2H3,(H,21,26)(H,22,24). The van der Waals surface area contributed by atoms with Gasteiger partial charge in [-0.1, -0.05) is 18.2 Å². The van der Waals surface area contributed by atoms with Crippen LogP contribution in [0, 0.1) is 0 Å². The highest BCUT2D eigenvalue weighted by Gasteiger charge is 2.15. The molecule has 0 radical (unpaired) electrons. The van der Waals surface area contributed by atoms with Gasteiger partial charge in [0.05, 0.1) is 0 Å². The number of nitrogens with zero attached hydrogens (tertiary/aromatic N) is 3. The zero-order chi connectivity index (χ0) is 19.2. The van der Waals surface area contributed by atoms with Crippen molar-refractivity contribution in [3.63, 3.8) is 0 Å². The molecule has 7 heteroatoms. The van der Waals surface area contributed by atoms with E-state index in [0.717, 1.165) is 11.4 Å². The van der Waals surface area contributed by atoms with Crippen LogP contribution in [-0.2, 0) is 4.79 Å². The molecule has 0 unspecified atom stereocenters. The Morgan fingerprint density at radius 1 is 0.852 bits per heavy atom. The van der Waals surface area contributed by atoms with Gasteiger partial charge in [0, 0.05) is 31.0 Å². The molecule has 3 rings (SSSR count). The first-order valence-corrected chi connectivity index (χ1v) is 8.34. The summed E-state index contributed by atoms with van der Waals surface area (Å²) < 4.78 is 0. The molecule has 0 aliphatic rings. The minimum Gasteiger partial charge on any atom is -0.339 e. The molecule has 2 N–H and O–H groups in total. The summed E-state index contributed by atoms with van der Waals surface area (Å²) in [6, 6.07) is 19.9. The number of benzene rings is 2. The second-order valence-corrected chi connectivity index (χ2v) is 5.89. The van der Waals surface area contributed by atoms with Gasteiger partial charge < -0.3 is 15.5 Å². The molecule has 0 atom stereocenters. The van der Waals surface area contributed by atoms with Crippen molar-refractivity contribution in [2.24, 2.45) is 0 Å². The normalized spacial score (nSPS) is 10.1. The molecular weight excluding hydrogens is 342 g/mol. The van der Waals surface area contributed by atoms with Crippen molar-refractivity contribution in [2.45, 2.75) is 6.92 Å². The molecule has 0 saturated heterocycles. The number of anilines is 4. The first-order chi connectivity index (χ1) is 13.0. The van der Waals surface area contributed by atoms with E-state index >= 15 is 0 Å². The molecule has 7 nitrogen and oxygen atoms in total. The lowest BCUT2D eigenvalue weighted by molar-refractivity contribution is -0.114. The lowest BCUT2D eigenvalue weighted by Gasteiger charge is -2.16. The zero-order valence-electron chi connectivity index (χ0n) is 15.0. The lowest BCUT2D eigenvalue weighted by Crippen LogP contribution is -2.27. The monoisotopic (exact) mass is 361 g/mol. The van der Waals surface area contributed by atoms with Crippen LogP contribution in [0.15, 0.2) is 66.7 Å². The van der Waals surface area contributed by atoms with Crippen molar-refractivity contribution in [1.29, 1.82) is 0 Å². The minimum atomic E-state index is -0.236. The fraction of sp³-hybridized carbons (Fsp3) is 0.100. The van der Waals surface area contributed by atoms with Gasteiger partial charge in [0.25, 0.3) is 5.91 Å². The van der Waals surface area contributed by atoms with E-state index in [4.69, 9.17) is 0 Å². The van der Waals surface area contributed by atoms with E-state index in [1.165, 1.54) is 11.8 Å². The Bertz CT molecular complexity index is 925. The van der Waals surface area contributed by atoms with Gasteiger partial charge >= 0.3 is 0 Å². The first kappa shape index (κ1) is 18.1. The number of amides is 2. The average molecular weight is 361 g/mol. The number of rotatable bonds is 5. The Morgan fingerprint density at radius 2 is 1.52 bits per heavy atom. The lowest BCUT2D eigenvalue weighted by atomic mass is 10.2. The number of para-hydroxylation sites is 1. The Balaban J connectivity index is 1.66. The van der Waals surface area contributed by atoms with E-state index in [1.54, 1.807) is 31.3 Å². The van der Waals surface area contributed by atoms with Gasteiger partial charge in [0.1, 0.15) is 0 Å². The van der Waals surface area contributed by atoms with Crippen LogP contribution in [0.1, 0.15) is 17.4 Å². The fourth-order valence-corrected chi connectivity index (χ4v) is 2.44. The highest BCUT2D eigenvalue weighted by atomic mass is 16.2. The maximum absolute atomic E-state index is 12.5. The highest BCUT2D eigenvalue weighted by molar-refractivity contribution is 6.04. The number of carbonyl (C=O) groups excluding carboxylic acids is 2. The Labute approximate surface area is 157 Å². The van der Waals surface area contributed by atoms with E-state index < -0.39 is 0 Å². The smallest absolute Gasteiger partial charge is 0.278 e. The third-order valence-electron chi connectivity index (χ3n) is 3.81. The molecule has 0 spiro atoms. The minimum absolute atomic E-state index is 0.123. The number of hydrogen-bond donors (Lipinski definition) is 2. The molecule has 0 bridgehead atoms. The van der Waals surface area contributed by atoms with E-state index in [-0.39, 0.29) is 17.5 Å². The van der Waals surface area contributed by atoms with Gasteiger partial charge in [-0.15, -0.1) is 10.2 Å². The molecule has 1 aromatic heterocycles. The number of aromatic nitrogens is 2. The molecule has 0 fully saturated rings. The summed E-state index contributed by atoms with van der Waals surface area (Å²) in [7, 11) is 1.70. The van der Waals surface area contributed by atoms with E-state index in [9.17, 15) is 9.59 Å². The van der Waals surface area contributed by atoms with Crippen molar-refractivity contribution < 1.29 is 9.59 Å². The van der Waals surface area contributed by atoms with Crippen LogP contribution in [0.5, 0.6) is 0 Å². The van der Waals surface area contributed by atoms with Crippen LogP contribution < -0.4 is 15.5 Å². The van der Waals surface area contributed by atoms with Gasteiger partial charge in [0.15, 0.2) is 11.5 Å². The van der Waals surface area contributed by atoms with E-state index in [2.05, 4.69) is 20.8 Å². The van der Waals surface area contributed by atoms with Crippen molar-refractivity contribution in [1.82, 2.24) is 10.2 Å². The molecule has 0 aliphatic heterocycles. The predicted octanol–water partition coefficient (Wildman–Crippen LogP) is 3.46. The summed E-state index contributed by atoms with van der Waals surface area (Å²) in [5, 5.41) is 13.9. The summed E-state index contributed by atoms with van der Waals surface area (Å²) >= 11 is 0. The molecule has 0 aliphatic carbocycles. The van der Waals surface area contributed by atoms with Crippen molar-refractivity contribution >= 4 is 34.7 Å². The second kappa shape index (κ2) is 8.09. The molecular formula is C20H19N5O2. The topological polar surface area (TPSA) is 87.2 Å². The van der Waals surface area contributed by atoms with Gasteiger partial charge in [-0.25, -0.2) is 0 Å². The quantitative estimate of drug-likeness (QED) is 0.727. The molecule has 1 heterocycles. The van der Waals surface area contributed by atoms with E-state index in [0.29, 0.717) is 11.5 Å². The van der Waals surface area contributed by atoms with Crippen molar-refractivity contribution in [3.8, 4) is 0 Å². The van der Waals surface area contributed by atoms with Crippen molar-refractivity contribution in [3.05, 3.63) is 72.4 Å². The molecule has 3 aromatic rings. The maximum atomic E-state index is 12.5. The molecule has 2 amide bonds. The Kier molecular flexibility index (Phi) is 5.41. The average Bonchev–Trinajstić information content (AvgIpc) is 2.69. The van der Waals surface area contributed by atoms with Gasteiger partial charge in [-0.2, -0.15) is 0 Å². The predicted molar refractivity (Wildman–Crippen MR) is 105 cm³/mol. The zero-order valence-corrected chi connectivity index (χ0v) is 15.0. The summed E-state index contributed by atoms with van der Waals surface area (Å²) in [5.41, 5.74) is 2.54. The molecule has 0 saturated carbocycles. The SMILES string of the molecule is CC(=O)Nc1ccc(Nc2ccc(C(=O)N(C)c3ccccc3)nn2)cc1. The van der Waals surface area contributed by atoms with Crippen LogP contribution >= 0.6 is 0 Å². The van der Waals surface area contributed by atoms with Crippen LogP contribution in [0.25, 0.3) is 0 Å². The van der Waals surface area contributed by atoms with Crippen LogP contribution in [0.3, 0.4) is 0 Å². The van der Waals surface area contributed by atoms with Crippen LogP contribution in [-0.4, -0.2) is 29.1 Å². The Morgan fingerprint density at radius 3 is 2.11 bits per heavy atom. The summed E-state index contributed by atoms with van der Waals surface area (Å²) in [4.78, 5) is 25.1. The third kappa shape index (κ3) is 4.66. The fourth-order valence-electron chi connectivity index (χ4n) is 2.44. The van der Waals surface area contributed by atoms with Crippen LogP contribution in [0.4, 0.5) is 22.9 Å². The second-order valence-electron chi connectivity index (χ2n) is 5.89. The maximum Gasteiger partial charge on any atom is 0.278 e. The highest BCUT2D eigenvalue weighted by Crippen LogP contribution is 2.18.